The first kappa shape index (κ1) is 10.6. The SMILES string of the molecule is CC/C=C/C=C(C#N)\C=C(/C)F. The van der Waals surface area contributed by atoms with Gasteiger partial charge in [-0.25, -0.2) is 4.39 Å². The molecular formula is C10H12FN. The lowest BCUT2D eigenvalue weighted by Crippen LogP contribution is -1.71. The lowest BCUT2D eigenvalue weighted by molar-refractivity contribution is 0.640. The zero-order chi connectivity index (χ0) is 9.40. The molecule has 0 aromatic carbocycles. The van der Waals surface area contributed by atoms with E-state index in [1.807, 2.05) is 19.1 Å². The van der Waals surface area contributed by atoms with E-state index in [-0.39, 0.29) is 5.83 Å². The lowest BCUT2D eigenvalue weighted by atomic mass is 10.2. The van der Waals surface area contributed by atoms with Gasteiger partial charge in [-0.3, -0.25) is 0 Å². The van der Waals surface area contributed by atoms with Crippen LogP contribution < -0.4 is 0 Å². The summed E-state index contributed by atoms with van der Waals surface area (Å²) in [6, 6.07) is 1.89. The van der Waals surface area contributed by atoms with E-state index in [0.717, 1.165) is 6.42 Å². The molecule has 0 bridgehead atoms. The van der Waals surface area contributed by atoms with Gasteiger partial charge in [0.2, 0.25) is 0 Å². The Morgan fingerprint density at radius 2 is 2.25 bits per heavy atom. The summed E-state index contributed by atoms with van der Waals surface area (Å²) >= 11 is 0. The van der Waals surface area contributed by atoms with Crippen LogP contribution in [0.25, 0.3) is 0 Å². The third-order valence-electron chi connectivity index (χ3n) is 1.13. The van der Waals surface area contributed by atoms with Gasteiger partial charge in [-0.15, -0.1) is 0 Å². The van der Waals surface area contributed by atoms with Gasteiger partial charge in [0.1, 0.15) is 0 Å². The van der Waals surface area contributed by atoms with Gasteiger partial charge < -0.3 is 0 Å². The highest BCUT2D eigenvalue weighted by atomic mass is 19.1. The Hall–Kier alpha value is -1.36. The fourth-order valence-electron chi connectivity index (χ4n) is 0.640. The van der Waals surface area contributed by atoms with Crippen molar-refractivity contribution >= 4 is 0 Å². The van der Waals surface area contributed by atoms with Crippen molar-refractivity contribution in [2.24, 2.45) is 0 Å². The van der Waals surface area contributed by atoms with Gasteiger partial charge in [0.25, 0.3) is 0 Å². The van der Waals surface area contributed by atoms with Gasteiger partial charge in [-0.2, -0.15) is 5.26 Å². The van der Waals surface area contributed by atoms with Gasteiger partial charge in [0.05, 0.1) is 17.5 Å². The van der Waals surface area contributed by atoms with E-state index >= 15 is 0 Å². The summed E-state index contributed by atoms with van der Waals surface area (Å²) in [4.78, 5) is 0. The molecule has 0 spiro atoms. The van der Waals surface area contributed by atoms with Crippen LogP contribution >= 0.6 is 0 Å². The van der Waals surface area contributed by atoms with Gasteiger partial charge in [0, 0.05) is 0 Å². The van der Waals surface area contributed by atoms with Gasteiger partial charge in [0.15, 0.2) is 0 Å². The Kier molecular flexibility index (Phi) is 5.64. The van der Waals surface area contributed by atoms with Gasteiger partial charge in [-0.05, 0) is 25.5 Å². The molecule has 0 atom stereocenters. The van der Waals surface area contributed by atoms with Crippen LogP contribution in [0.1, 0.15) is 20.3 Å². The third-order valence-corrected chi connectivity index (χ3v) is 1.13. The van der Waals surface area contributed by atoms with Crippen molar-refractivity contribution < 1.29 is 4.39 Å². The predicted molar refractivity (Wildman–Crippen MR) is 48.0 cm³/mol. The number of nitrogens with zero attached hydrogens (tertiary/aromatic N) is 1. The standard InChI is InChI=1S/C10H12FN/c1-3-4-5-6-10(8-12)7-9(2)11/h4-7H,3H2,1-2H3/b5-4+,9-7+,10-6+. The van der Waals surface area contributed by atoms with Gasteiger partial charge in [-0.1, -0.05) is 19.1 Å². The number of allylic oxidation sites excluding steroid dienone is 6. The third kappa shape index (κ3) is 5.43. The fourth-order valence-corrected chi connectivity index (χ4v) is 0.640. The summed E-state index contributed by atoms with van der Waals surface area (Å²) in [6.45, 7) is 3.31. The summed E-state index contributed by atoms with van der Waals surface area (Å²) in [7, 11) is 0. The molecule has 12 heavy (non-hydrogen) atoms. The summed E-state index contributed by atoms with van der Waals surface area (Å²) in [5.41, 5.74) is 0.333. The minimum absolute atomic E-state index is 0.333. The maximum atomic E-state index is 12.3. The molecule has 0 aliphatic heterocycles. The second-order valence-corrected chi connectivity index (χ2v) is 2.30. The van der Waals surface area contributed by atoms with Crippen LogP contribution in [0, 0.1) is 11.3 Å². The van der Waals surface area contributed by atoms with Crippen molar-refractivity contribution in [1.29, 1.82) is 5.26 Å². The molecule has 0 aliphatic rings. The molecule has 64 valence electrons. The molecule has 0 saturated carbocycles. The van der Waals surface area contributed by atoms with Crippen molar-refractivity contribution in [3.05, 3.63) is 35.7 Å². The quantitative estimate of drug-likeness (QED) is 0.465. The molecule has 1 nitrogen and oxygen atoms in total. The molecule has 0 N–H and O–H groups in total. The number of hydrogen-bond donors (Lipinski definition) is 0. The largest absolute Gasteiger partial charge is 0.212 e. The Bertz CT molecular complexity index is 250. The van der Waals surface area contributed by atoms with Crippen molar-refractivity contribution in [3.63, 3.8) is 0 Å². The summed E-state index contributed by atoms with van der Waals surface area (Å²) < 4.78 is 12.3. The Labute approximate surface area is 72.5 Å². The van der Waals surface area contributed by atoms with E-state index in [9.17, 15) is 4.39 Å². The van der Waals surface area contributed by atoms with Crippen LogP contribution in [-0.4, -0.2) is 0 Å². The molecule has 0 saturated heterocycles. The van der Waals surface area contributed by atoms with E-state index in [1.54, 1.807) is 12.2 Å². The second kappa shape index (κ2) is 6.36. The first-order valence-electron chi connectivity index (χ1n) is 3.81. The van der Waals surface area contributed by atoms with Crippen LogP contribution in [-0.2, 0) is 0 Å². The minimum Gasteiger partial charge on any atom is -0.212 e. The van der Waals surface area contributed by atoms with E-state index in [4.69, 9.17) is 5.26 Å². The molecule has 0 radical (unpaired) electrons. The number of hydrogen-bond acceptors (Lipinski definition) is 1. The topological polar surface area (TPSA) is 23.8 Å². The highest BCUT2D eigenvalue weighted by molar-refractivity contribution is 5.36. The number of rotatable bonds is 3. The highest BCUT2D eigenvalue weighted by Gasteiger charge is 1.88. The summed E-state index contributed by atoms with van der Waals surface area (Å²) in [5, 5.41) is 8.51. The molecule has 0 unspecified atom stereocenters. The minimum atomic E-state index is -0.354. The molecule has 0 amide bonds. The van der Waals surface area contributed by atoms with Crippen LogP contribution in [0.5, 0.6) is 0 Å². The molecular weight excluding hydrogens is 153 g/mol. The molecule has 0 heterocycles. The van der Waals surface area contributed by atoms with Crippen LogP contribution in [0.3, 0.4) is 0 Å². The number of halogens is 1. The van der Waals surface area contributed by atoms with Crippen LogP contribution in [0.2, 0.25) is 0 Å². The smallest absolute Gasteiger partial charge is 0.0992 e. The first-order chi connectivity index (χ1) is 5.70. The lowest BCUT2D eigenvalue weighted by Gasteiger charge is -1.85. The van der Waals surface area contributed by atoms with E-state index in [2.05, 4.69) is 0 Å². The molecule has 0 rings (SSSR count). The highest BCUT2D eigenvalue weighted by Crippen LogP contribution is 2.02. The van der Waals surface area contributed by atoms with Gasteiger partial charge >= 0.3 is 0 Å². The Morgan fingerprint density at radius 3 is 2.67 bits per heavy atom. The summed E-state index contributed by atoms with van der Waals surface area (Å²) in [5.74, 6) is -0.354. The van der Waals surface area contributed by atoms with Crippen molar-refractivity contribution in [3.8, 4) is 6.07 Å². The van der Waals surface area contributed by atoms with E-state index in [0.29, 0.717) is 5.57 Å². The normalized spacial score (nSPS) is 13.5. The van der Waals surface area contributed by atoms with E-state index in [1.165, 1.54) is 13.0 Å². The summed E-state index contributed by atoms with van der Waals surface area (Å²) in [6.07, 6.45) is 7.36. The number of nitriles is 1. The average molecular weight is 165 g/mol. The van der Waals surface area contributed by atoms with Crippen LogP contribution in [0.4, 0.5) is 4.39 Å². The second-order valence-electron chi connectivity index (χ2n) is 2.30. The zero-order valence-corrected chi connectivity index (χ0v) is 7.34. The van der Waals surface area contributed by atoms with Crippen molar-refractivity contribution in [2.45, 2.75) is 20.3 Å². The molecule has 0 aromatic heterocycles. The molecule has 0 aliphatic carbocycles. The van der Waals surface area contributed by atoms with Crippen LogP contribution in [0.15, 0.2) is 35.7 Å². The Balaban J connectivity index is 4.37. The fraction of sp³-hybridized carbons (Fsp3) is 0.300. The van der Waals surface area contributed by atoms with E-state index < -0.39 is 0 Å². The molecule has 0 aromatic rings. The van der Waals surface area contributed by atoms with Crippen molar-refractivity contribution in [1.82, 2.24) is 0 Å². The Morgan fingerprint density at radius 1 is 1.58 bits per heavy atom. The average Bonchev–Trinajstić information content (AvgIpc) is 2.02. The molecule has 0 fully saturated rings. The monoisotopic (exact) mass is 165 g/mol. The van der Waals surface area contributed by atoms with Crippen molar-refractivity contribution in [2.75, 3.05) is 0 Å². The maximum absolute atomic E-state index is 12.3. The molecule has 2 heteroatoms. The maximum Gasteiger partial charge on any atom is 0.0992 e. The predicted octanol–water partition coefficient (Wildman–Crippen LogP) is 3.28. The first-order valence-corrected chi connectivity index (χ1v) is 3.81. The zero-order valence-electron chi connectivity index (χ0n) is 7.34.